The van der Waals surface area contributed by atoms with Crippen molar-refractivity contribution < 1.29 is 9.47 Å². The van der Waals surface area contributed by atoms with Gasteiger partial charge in [0.15, 0.2) is 11.5 Å². The van der Waals surface area contributed by atoms with E-state index in [9.17, 15) is 0 Å². The van der Waals surface area contributed by atoms with Crippen LogP contribution in [0.2, 0.25) is 0 Å². The summed E-state index contributed by atoms with van der Waals surface area (Å²) >= 11 is 0. The summed E-state index contributed by atoms with van der Waals surface area (Å²) in [6.45, 7) is 6.00. The van der Waals surface area contributed by atoms with E-state index in [0.717, 1.165) is 61.2 Å². The summed E-state index contributed by atoms with van der Waals surface area (Å²) in [5.41, 5.74) is 3.39. The Labute approximate surface area is 155 Å². The van der Waals surface area contributed by atoms with Crippen LogP contribution >= 0.6 is 0 Å². The number of methoxy groups -OCH3 is 2. The smallest absolute Gasteiger partial charge is 0.161 e. The molecule has 5 heteroatoms. The molecule has 0 unspecified atom stereocenters. The van der Waals surface area contributed by atoms with Crippen LogP contribution in [0, 0.1) is 6.92 Å². The first-order valence-electron chi connectivity index (χ1n) is 9.00. The molecule has 26 heavy (non-hydrogen) atoms. The molecule has 1 fully saturated rings. The lowest BCUT2D eigenvalue weighted by molar-refractivity contribution is 0.351. The summed E-state index contributed by atoms with van der Waals surface area (Å²) < 4.78 is 10.8. The van der Waals surface area contributed by atoms with Crippen LogP contribution in [0.15, 0.2) is 47.5 Å². The lowest BCUT2D eigenvalue weighted by atomic mass is 10.1. The molecule has 3 rings (SSSR count). The van der Waals surface area contributed by atoms with Crippen LogP contribution in [0.1, 0.15) is 11.1 Å². The van der Waals surface area contributed by atoms with Crippen molar-refractivity contribution in [3.8, 4) is 11.5 Å². The average Bonchev–Trinajstić information content (AvgIpc) is 2.69. The van der Waals surface area contributed by atoms with Crippen LogP contribution in [0.5, 0.6) is 11.5 Å². The number of ether oxygens (including phenoxy) is 2. The number of aryl methyl sites for hydroxylation is 1. The van der Waals surface area contributed by atoms with Gasteiger partial charge in [0.2, 0.25) is 0 Å². The Bertz CT molecular complexity index is 750. The number of amidine groups is 1. The topological polar surface area (TPSA) is 46.1 Å². The Morgan fingerprint density at radius 1 is 1.00 bits per heavy atom. The van der Waals surface area contributed by atoms with E-state index in [1.165, 1.54) is 5.56 Å². The van der Waals surface area contributed by atoms with Crippen LogP contribution in [0.3, 0.4) is 0 Å². The van der Waals surface area contributed by atoms with Crippen LogP contribution in [-0.2, 0) is 6.42 Å². The zero-order valence-corrected chi connectivity index (χ0v) is 15.8. The maximum atomic E-state index is 5.45. The van der Waals surface area contributed by atoms with E-state index in [1.54, 1.807) is 14.2 Å². The average molecular weight is 353 g/mol. The summed E-state index contributed by atoms with van der Waals surface area (Å²) in [6, 6.07) is 14.4. The van der Waals surface area contributed by atoms with Crippen LogP contribution in [-0.4, -0.2) is 51.1 Å². The van der Waals surface area contributed by atoms with Crippen LogP contribution in [0.25, 0.3) is 0 Å². The zero-order chi connectivity index (χ0) is 18.4. The number of hydrogen-bond acceptors (Lipinski definition) is 4. The molecule has 0 atom stereocenters. The summed E-state index contributed by atoms with van der Waals surface area (Å²) in [6.07, 6.45) is 0.758. The Morgan fingerprint density at radius 2 is 1.69 bits per heavy atom. The second kappa shape index (κ2) is 8.72. The van der Waals surface area contributed by atoms with E-state index in [2.05, 4.69) is 47.5 Å². The summed E-state index contributed by atoms with van der Waals surface area (Å²) in [5.74, 6) is 2.58. The van der Waals surface area contributed by atoms with E-state index in [0.29, 0.717) is 0 Å². The molecule has 0 spiro atoms. The first kappa shape index (κ1) is 18.3. The van der Waals surface area contributed by atoms with Gasteiger partial charge in [-0.15, -0.1) is 0 Å². The van der Waals surface area contributed by atoms with Crippen molar-refractivity contribution >= 4 is 11.5 Å². The van der Waals surface area contributed by atoms with Gasteiger partial charge in [0.1, 0.15) is 5.84 Å². The lowest BCUT2D eigenvalue weighted by Gasteiger charge is -2.30. The molecule has 0 amide bonds. The van der Waals surface area contributed by atoms with Crippen molar-refractivity contribution in [2.24, 2.45) is 4.99 Å². The fraction of sp³-hybridized carbons (Fsp3) is 0.381. The largest absolute Gasteiger partial charge is 0.493 e. The fourth-order valence-corrected chi connectivity index (χ4v) is 3.09. The van der Waals surface area contributed by atoms with Gasteiger partial charge in [-0.1, -0.05) is 23.8 Å². The van der Waals surface area contributed by atoms with Gasteiger partial charge < -0.3 is 19.7 Å². The molecular weight excluding hydrogens is 326 g/mol. The van der Waals surface area contributed by atoms with Gasteiger partial charge in [-0.25, -0.2) is 4.99 Å². The monoisotopic (exact) mass is 353 g/mol. The van der Waals surface area contributed by atoms with Crippen molar-refractivity contribution in [2.75, 3.05) is 40.4 Å². The first-order valence-corrected chi connectivity index (χ1v) is 9.00. The van der Waals surface area contributed by atoms with Crippen molar-refractivity contribution in [3.63, 3.8) is 0 Å². The van der Waals surface area contributed by atoms with Gasteiger partial charge in [-0.05, 0) is 36.8 Å². The summed E-state index contributed by atoms with van der Waals surface area (Å²) in [4.78, 5) is 7.33. The maximum absolute atomic E-state index is 5.45. The molecule has 1 aliphatic rings. The zero-order valence-electron chi connectivity index (χ0n) is 15.8. The van der Waals surface area contributed by atoms with E-state index in [1.807, 2.05) is 12.1 Å². The van der Waals surface area contributed by atoms with Crippen molar-refractivity contribution in [1.82, 2.24) is 10.2 Å². The number of piperazine rings is 1. The molecule has 138 valence electrons. The fourth-order valence-electron chi connectivity index (χ4n) is 3.09. The predicted octanol–water partition coefficient (Wildman–Crippen LogP) is 3.19. The number of nitrogens with one attached hydrogen (secondary N) is 1. The second-order valence-electron chi connectivity index (χ2n) is 6.47. The normalized spacial score (nSPS) is 15.0. The molecule has 2 aromatic rings. The number of aliphatic imine (C=N–C) groups is 1. The third-order valence-corrected chi connectivity index (χ3v) is 4.58. The first-order chi connectivity index (χ1) is 12.7. The second-order valence-corrected chi connectivity index (χ2v) is 6.47. The summed E-state index contributed by atoms with van der Waals surface area (Å²) in [5, 5.41) is 3.40. The minimum atomic E-state index is 0.746. The third kappa shape index (κ3) is 4.55. The van der Waals surface area contributed by atoms with E-state index >= 15 is 0 Å². The lowest BCUT2D eigenvalue weighted by Crippen LogP contribution is -2.47. The molecule has 1 heterocycles. The van der Waals surface area contributed by atoms with E-state index in [4.69, 9.17) is 14.5 Å². The number of nitrogens with zero attached hydrogens (tertiary/aromatic N) is 2. The van der Waals surface area contributed by atoms with Gasteiger partial charge in [0.25, 0.3) is 0 Å². The number of benzene rings is 2. The Hall–Kier alpha value is -2.53. The number of hydrogen-bond donors (Lipinski definition) is 1. The Kier molecular flexibility index (Phi) is 6.12. The Morgan fingerprint density at radius 3 is 2.35 bits per heavy atom. The molecule has 5 nitrogen and oxygen atoms in total. The minimum absolute atomic E-state index is 0.746. The molecule has 0 aliphatic carbocycles. The Balaban J connectivity index is 1.89. The standard InChI is InChI=1S/C21H27N3O2/c1-16-4-7-18(8-5-16)23-21(24-12-10-22-11-13-24)15-17-6-9-19(25-2)20(14-17)26-3/h4-9,14,22H,10-13,15H2,1-3H3. The summed E-state index contributed by atoms with van der Waals surface area (Å²) in [7, 11) is 3.32. The van der Waals surface area contributed by atoms with E-state index in [-0.39, 0.29) is 0 Å². The highest BCUT2D eigenvalue weighted by Gasteiger charge is 2.16. The molecule has 0 bridgehead atoms. The number of rotatable bonds is 5. The highest BCUT2D eigenvalue weighted by Crippen LogP contribution is 2.28. The van der Waals surface area contributed by atoms with E-state index < -0.39 is 0 Å². The van der Waals surface area contributed by atoms with Gasteiger partial charge in [0.05, 0.1) is 19.9 Å². The minimum Gasteiger partial charge on any atom is -0.493 e. The van der Waals surface area contributed by atoms with Gasteiger partial charge >= 0.3 is 0 Å². The van der Waals surface area contributed by atoms with Gasteiger partial charge in [-0.2, -0.15) is 0 Å². The molecule has 0 saturated carbocycles. The molecule has 2 aromatic carbocycles. The predicted molar refractivity (Wildman–Crippen MR) is 106 cm³/mol. The van der Waals surface area contributed by atoms with Gasteiger partial charge in [0, 0.05) is 32.6 Å². The van der Waals surface area contributed by atoms with Crippen LogP contribution in [0.4, 0.5) is 5.69 Å². The molecule has 1 saturated heterocycles. The maximum Gasteiger partial charge on any atom is 0.161 e. The highest BCUT2D eigenvalue weighted by atomic mass is 16.5. The molecular formula is C21H27N3O2. The SMILES string of the molecule is COc1ccc(CC(=Nc2ccc(C)cc2)N2CCNCC2)cc1OC. The van der Waals surface area contributed by atoms with Crippen molar-refractivity contribution in [3.05, 3.63) is 53.6 Å². The van der Waals surface area contributed by atoms with Gasteiger partial charge in [-0.3, -0.25) is 0 Å². The van der Waals surface area contributed by atoms with Crippen LogP contribution < -0.4 is 14.8 Å². The third-order valence-electron chi connectivity index (χ3n) is 4.58. The molecule has 0 radical (unpaired) electrons. The molecule has 1 N–H and O–H groups in total. The highest BCUT2D eigenvalue weighted by molar-refractivity contribution is 5.87. The quantitative estimate of drug-likeness (QED) is 0.662. The van der Waals surface area contributed by atoms with Crippen molar-refractivity contribution in [2.45, 2.75) is 13.3 Å². The molecule has 1 aliphatic heterocycles. The van der Waals surface area contributed by atoms with Crippen molar-refractivity contribution in [1.29, 1.82) is 0 Å². The molecule has 0 aromatic heterocycles.